The molecule has 0 saturated carbocycles. The van der Waals surface area contributed by atoms with Gasteiger partial charge in [-0.1, -0.05) is 36.4 Å². The SMILES string of the molecule is CCOc1ccc(-c2ccc(-c3nc4ccc(C(F)(F)F)cc4[nH]3)cc2)cc1. The standard InChI is InChI=1S/C22H17F3N2O/c1-2-28-18-10-7-15(8-11-18)14-3-5-16(6-4-14)21-26-19-12-9-17(22(23,24)25)13-20(19)27-21/h3-13H,2H2,1H3,(H,26,27). The van der Waals surface area contributed by atoms with Gasteiger partial charge in [0.1, 0.15) is 11.6 Å². The van der Waals surface area contributed by atoms with Crippen molar-refractivity contribution in [2.45, 2.75) is 13.1 Å². The minimum Gasteiger partial charge on any atom is -0.494 e. The number of aromatic nitrogens is 2. The molecule has 3 aromatic carbocycles. The number of H-pyrrole nitrogens is 1. The molecule has 0 unspecified atom stereocenters. The lowest BCUT2D eigenvalue weighted by molar-refractivity contribution is -0.137. The monoisotopic (exact) mass is 382 g/mol. The summed E-state index contributed by atoms with van der Waals surface area (Å²) in [5.74, 6) is 1.36. The summed E-state index contributed by atoms with van der Waals surface area (Å²) >= 11 is 0. The van der Waals surface area contributed by atoms with Crippen molar-refractivity contribution in [3.05, 3.63) is 72.3 Å². The fourth-order valence-corrected chi connectivity index (χ4v) is 3.05. The number of hydrogen-bond acceptors (Lipinski definition) is 2. The number of nitrogens with zero attached hydrogens (tertiary/aromatic N) is 1. The van der Waals surface area contributed by atoms with Crippen molar-refractivity contribution < 1.29 is 17.9 Å². The molecule has 1 heterocycles. The first-order chi connectivity index (χ1) is 13.4. The van der Waals surface area contributed by atoms with Crippen LogP contribution in [0.4, 0.5) is 13.2 Å². The zero-order chi connectivity index (χ0) is 19.7. The maximum atomic E-state index is 12.9. The molecular weight excluding hydrogens is 365 g/mol. The van der Waals surface area contributed by atoms with E-state index in [1.807, 2.05) is 55.5 Å². The smallest absolute Gasteiger partial charge is 0.416 e. The molecule has 0 spiro atoms. The second-order valence-electron chi connectivity index (χ2n) is 6.35. The van der Waals surface area contributed by atoms with E-state index in [0.717, 1.165) is 34.6 Å². The molecule has 0 radical (unpaired) electrons. The molecule has 28 heavy (non-hydrogen) atoms. The van der Waals surface area contributed by atoms with Gasteiger partial charge in [0, 0.05) is 5.56 Å². The van der Waals surface area contributed by atoms with Gasteiger partial charge in [-0.25, -0.2) is 4.98 Å². The van der Waals surface area contributed by atoms with E-state index in [1.54, 1.807) is 0 Å². The third kappa shape index (κ3) is 3.58. The molecule has 1 aromatic heterocycles. The Kier molecular flexibility index (Phi) is 4.55. The van der Waals surface area contributed by atoms with E-state index in [9.17, 15) is 13.2 Å². The van der Waals surface area contributed by atoms with Crippen LogP contribution in [0.1, 0.15) is 12.5 Å². The third-order valence-corrected chi connectivity index (χ3v) is 4.47. The molecule has 0 saturated heterocycles. The first kappa shape index (κ1) is 18.1. The van der Waals surface area contributed by atoms with E-state index in [2.05, 4.69) is 9.97 Å². The molecule has 6 heteroatoms. The number of alkyl halides is 3. The summed E-state index contributed by atoms with van der Waals surface area (Å²) in [6.07, 6.45) is -4.38. The molecule has 4 rings (SSSR count). The van der Waals surface area contributed by atoms with Gasteiger partial charge in [0.2, 0.25) is 0 Å². The Labute approximate surface area is 159 Å². The largest absolute Gasteiger partial charge is 0.494 e. The van der Waals surface area contributed by atoms with Crippen LogP contribution < -0.4 is 4.74 Å². The summed E-state index contributed by atoms with van der Waals surface area (Å²) in [7, 11) is 0. The Bertz CT molecular complexity index is 1100. The Hall–Kier alpha value is -3.28. The highest BCUT2D eigenvalue weighted by atomic mass is 19.4. The molecule has 1 N–H and O–H groups in total. The van der Waals surface area contributed by atoms with Gasteiger partial charge in [-0.15, -0.1) is 0 Å². The third-order valence-electron chi connectivity index (χ3n) is 4.47. The molecule has 4 aromatic rings. The van der Waals surface area contributed by atoms with Gasteiger partial charge in [-0.05, 0) is 48.4 Å². The van der Waals surface area contributed by atoms with E-state index in [0.29, 0.717) is 23.5 Å². The van der Waals surface area contributed by atoms with Crippen LogP contribution in [0.5, 0.6) is 5.75 Å². The quantitative estimate of drug-likeness (QED) is 0.449. The van der Waals surface area contributed by atoms with Crippen LogP contribution in [-0.4, -0.2) is 16.6 Å². The maximum absolute atomic E-state index is 12.9. The van der Waals surface area contributed by atoms with Crippen molar-refractivity contribution in [3.8, 4) is 28.3 Å². The molecule has 0 fully saturated rings. The van der Waals surface area contributed by atoms with Crippen LogP contribution in [0.15, 0.2) is 66.7 Å². The lowest BCUT2D eigenvalue weighted by atomic mass is 10.0. The molecule has 0 aliphatic rings. The normalized spacial score (nSPS) is 11.7. The Morgan fingerprint density at radius 3 is 2.07 bits per heavy atom. The van der Waals surface area contributed by atoms with Crippen molar-refractivity contribution in [1.29, 1.82) is 0 Å². The fraction of sp³-hybridized carbons (Fsp3) is 0.136. The predicted octanol–water partition coefficient (Wildman–Crippen LogP) is 6.31. The van der Waals surface area contributed by atoms with Crippen molar-refractivity contribution >= 4 is 11.0 Å². The minimum absolute atomic E-state index is 0.361. The Morgan fingerprint density at radius 1 is 0.857 bits per heavy atom. The van der Waals surface area contributed by atoms with Crippen LogP contribution in [0.25, 0.3) is 33.5 Å². The molecular formula is C22H17F3N2O. The van der Waals surface area contributed by atoms with Gasteiger partial charge >= 0.3 is 6.18 Å². The van der Waals surface area contributed by atoms with Crippen LogP contribution in [-0.2, 0) is 6.18 Å². The zero-order valence-corrected chi connectivity index (χ0v) is 15.0. The Morgan fingerprint density at radius 2 is 1.46 bits per heavy atom. The zero-order valence-electron chi connectivity index (χ0n) is 15.0. The number of imidazole rings is 1. The van der Waals surface area contributed by atoms with Crippen LogP contribution in [0.3, 0.4) is 0 Å². The van der Waals surface area contributed by atoms with E-state index >= 15 is 0 Å². The minimum atomic E-state index is -4.38. The van der Waals surface area contributed by atoms with Gasteiger partial charge in [0.15, 0.2) is 0 Å². The number of ether oxygens (including phenoxy) is 1. The molecule has 3 nitrogen and oxygen atoms in total. The summed E-state index contributed by atoms with van der Waals surface area (Å²) in [5, 5.41) is 0. The lowest BCUT2D eigenvalue weighted by Gasteiger charge is -2.06. The molecule has 0 aliphatic heterocycles. The summed E-state index contributed by atoms with van der Waals surface area (Å²) in [4.78, 5) is 7.38. The van der Waals surface area contributed by atoms with E-state index in [4.69, 9.17) is 4.74 Å². The molecule has 0 atom stereocenters. The number of nitrogens with one attached hydrogen (secondary N) is 1. The first-order valence-electron chi connectivity index (χ1n) is 8.84. The molecule has 0 aliphatic carbocycles. The van der Waals surface area contributed by atoms with Crippen LogP contribution in [0.2, 0.25) is 0 Å². The second kappa shape index (κ2) is 7.03. The van der Waals surface area contributed by atoms with Crippen LogP contribution >= 0.6 is 0 Å². The van der Waals surface area contributed by atoms with Gasteiger partial charge in [-0.2, -0.15) is 13.2 Å². The maximum Gasteiger partial charge on any atom is 0.416 e. The highest BCUT2D eigenvalue weighted by Gasteiger charge is 2.30. The number of rotatable bonds is 4. The molecule has 142 valence electrons. The average molecular weight is 382 g/mol. The Balaban J connectivity index is 1.61. The molecule has 0 bridgehead atoms. The second-order valence-corrected chi connectivity index (χ2v) is 6.35. The summed E-state index contributed by atoms with van der Waals surface area (Å²) < 4.78 is 44.1. The summed E-state index contributed by atoms with van der Waals surface area (Å²) in [5.41, 5.74) is 3.05. The summed E-state index contributed by atoms with van der Waals surface area (Å²) in [6.45, 7) is 2.56. The van der Waals surface area contributed by atoms with Crippen molar-refractivity contribution in [1.82, 2.24) is 9.97 Å². The first-order valence-corrected chi connectivity index (χ1v) is 8.84. The highest BCUT2D eigenvalue weighted by molar-refractivity contribution is 5.80. The lowest BCUT2D eigenvalue weighted by Crippen LogP contribution is -2.04. The van der Waals surface area contributed by atoms with Gasteiger partial charge in [0.05, 0.1) is 23.2 Å². The van der Waals surface area contributed by atoms with Crippen molar-refractivity contribution in [2.24, 2.45) is 0 Å². The van der Waals surface area contributed by atoms with E-state index in [-0.39, 0.29) is 0 Å². The number of halogens is 3. The van der Waals surface area contributed by atoms with Crippen molar-refractivity contribution in [3.63, 3.8) is 0 Å². The molecule has 0 amide bonds. The van der Waals surface area contributed by atoms with Gasteiger partial charge in [0.25, 0.3) is 0 Å². The topological polar surface area (TPSA) is 37.9 Å². The van der Waals surface area contributed by atoms with E-state index in [1.165, 1.54) is 6.07 Å². The fourth-order valence-electron chi connectivity index (χ4n) is 3.05. The average Bonchev–Trinajstić information content (AvgIpc) is 3.12. The van der Waals surface area contributed by atoms with Gasteiger partial charge < -0.3 is 9.72 Å². The van der Waals surface area contributed by atoms with Crippen molar-refractivity contribution in [2.75, 3.05) is 6.61 Å². The number of aromatic amines is 1. The highest BCUT2D eigenvalue weighted by Crippen LogP contribution is 2.32. The predicted molar refractivity (Wildman–Crippen MR) is 103 cm³/mol. The van der Waals surface area contributed by atoms with Crippen LogP contribution in [0, 0.1) is 0 Å². The number of benzene rings is 3. The summed E-state index contributed by atoms with van der Waals surface area (Å²) in [6, 6.07) is 19.0. The number of fused-ring (bicyclic) bond motifs is 1. The number of hydrogen-bond donors (Lipinski definition) is 1. The van der Waals surface area contributed by atoms with E-state index < -0.39 is 11.7 Å². The van der Waals surface area contributed by atoms with Gasteiger partial charge in [-0.3, -0.25) is 0 Å².